The fourth-order valence-electron chi connectivity index (χ4n) is 1.67. The first-order valence-corrected chi connectivity index (χ1v) is 6.47. The number of benzene rings is 1. The summed E-state index contributed by atoms with van der Waals surface area (Å²) in [7, 11) is 0. The summed E-state index contributed by atoms with van der Waals surface area (Å²) in [5.74, 6) is 0.518. The molecule has 3 aromatic rings. The number of aromatic hydroxyl groups is 2. The zero-order valence-electron chi connectivity index (χ0n) is 9.78. The van der Waals surface area contributed by atoms with Crippen molar-refractivity contribution >= 4 is 11.3 Å². The molecule has 0 saturated carbocycles. The van der Waals surface area contributed by atoms with Gasteiger partial charge in [0.15, 0.2) is 17.3 Å². The predicted molar refractivity (Wildman–Crippen MR) is 70.2 cm³/mol. The third-order valence-corrected chi connectivity index (χ3v) is 3.48. The molecule has 2 aromatic heterocycles. The molecule has 2 heterocycles. The van der Waals surface area contributed by atoms with Gasteiger partial charge in [-0.3, -0.25) is 0 Å². The Morgan fingerprint density at radius 2 is 2.05 bits per heavy atom. The van der Waals surface area contributed by atoms with Gasteiger partial charge in [0.1, 0.15) is 0 Å². The van der Waals surface area contributed by atoms with Crippen LogP contribution in [0.1, 0.15) is 10.7 Å². The lowest BCUT2D eigenvalue weighted by molar-refractivity contribution is 0.402. The van der Waals surface area contributed by atoms with Gasteiger partial charge in [0.25, 0.3) is 5.89 Å². The van der Waals surface area contributed by atoms with Gasteiger partial charge in [-0.25, -0.2) is 0 Å². The van der Waals surface area contributed by atoms with Gasteiger partial charge in [0, 0.05) is 16.9 Å². The highest BCUT2D eigenvalue weighted by molar-refractivity contribution is 7.09. The van der Waals surface area contributed by atoms with Gasteiger partial charge in [-0.1, -0.05) is 11.2 Å². The lowest BCUT2D eigenvalue weighted by Crippen LogP contribution is -1.87. The summed E-state index contributed by atoms with van der Waals surface area (Å²) in [5, 5.41) is 24.6. The fraction of sp³-hybridized carbons (Fsp3) is 0.0769. The van der Waals surface area contributed by atoms with Gasteiger partial charge in [0.2, 0.25) is 0 Å². The number of rotatable bonds is 3. The van der Waals surface area contributed by atoms with Gasteiger partial charge < -0.3 is 14.7 Å². The summed E-state index contributed by atoms with van der Waals surface area (Å²) >= 11 is 1.63. The molecule has 96 valence electrons. The van der Waals surface area contributed by atoms with Crippen molar-refractivity contribution in [2.45, 2.75) is 6.42 Å². The normalized spacial score (nSPS) is 10.7. The van der Waals surface area contributed by atoms with E-state index >= 15 is 0 Å². The standard InChI is InChI=1S/C13H10N2O3S/c16-10-4-3-8(6-11(10)17)13-14-12(15-18-13)7-9-2-1-5-19-9/h1-6,16-17H,7H2. The molecule has 0 saturated heterocycles. The summed E-state index contributed by atoms with van der Waals surface area (Å²) in [5.41, 5.74) is 0.570. The van der Waals surface area contributed by atoms with E-state index in [0.717, 1.165) is 4.88 Å². The molecule has 0 bridgehead atoms. The molecule has 0 aliphatic carbocycles. The minimum atomic E-state index is -0.212. The van der Waals surface area contributed by atoms with Crippen molar-refractivity contribution < 1.29 is 14.7 Å². The van der Waals surface area contributed by atoms with Crippen LogP contribution >= 0.6 is 11.3 Å². The molecule has 0 radical (unpaired) electrons. The molecule has 1 aromatic carbocycles. The second-order valence-electron chi connectivity index (χ2n) is 3.98. The van der Waals surface area contributed by atoms with E-state index in [1.807, 2.05) is 17.5 Å². The van der Waals surface area contributed by atoms with Crippen LogP contribution in [0.2, 0.25) is 0 Å². The summed E-state index contributed by atoms with van der Waals surface area (Å²) in [6.07, 6.45) is 0.616. The van der Waals surface area contributed by atoms with E-state index < -0.39 is 0 Å². The number of nitrogens with zero attached hydrogens (tertiary/aromatic N) is 2. The first-order valence-electron chi connectivity index (χ1n) is 5.60. The van der Waals surface area contributed by atoms with Crippen LogP contribution in [0.4, 0.5) is 0 Å². The first kappa shape index (κ1) is 11.7. The summed E-state index contributed by atoms with van der Waals surface area (Å²) in [6.45, 7) is 0. The van der Waals surface area contributed by atoms with Crippen LogP contribution in [-0.2, 0) is 6.42 Å². The van der Waals surface area contributed by atoms with Crippen molar-refractivity contribution in [1.29, 1.82) is 0 Å². The van der Waals surface area contributed by atoms with Crippen LogP contribution in [0.25, 0.3) is 11.5 Å². The van der Waals surface area contributed by atoms with Crippen molar-refractivity contribution in [3.05, 3.63) is 46.4 Å². The molecule has 0 aliphatic rings. The van der Waals surface area contributed by atoms with E-state index in [1.165, 1.54) is 12.1 Å². The summed E-state index contributed by atoms with van der Waals surface area (Å²) in [4.78, 5) is 5.42. The number of thiophene rings is 1. The van der Waals surface area contributed by atoms with Crippen molar-refractivity contribution in [3.8, 4) is 23.0 Å². The number of hydrogen-bond acceptors (Lipinski definition) is 6. The fourth-order valence-corrected chi connectivity index (χ4v) is 2.37. The first-order chi connectivity index (χ1) is 9.22. The van der Waals surface area contributed by atoms with Crippen LogP contribution in [0.5, 0.6) is 11.5 Å². The maximum absolute atomic E-state index is 9.44. The van der Waals surface area contributed by atoms with Crippen molar-refractivity contribution in [2.24, 2.45) is 0 Å². The number of phenols is 2. The van der Waals surface area contributed by atoms with E-state index in [4.69, 9.17) is 4.52 Å². The van der Waals surface area contributed by atoms with E-state index in [1.54, 1.807) is 17.4 Å². The smallest absolute Gasteiger partial charge is 0.258 e. The maximum Gasteiger partial charge on any atom is 0.258 e. The SMILES string of the molecule is Oc1ccc(-c2nc(Cc3cccs3)no2)cc1O. The molecule has 19 heavy (non-hydrogen) atoms. The van der Waals surface area contributed by atoms with Gasteiger partial charge in [-0.2, -0.15) is 4.98 Å². The minimum absolute atomic E-state index is 0.179. The van der Waals surface area contributed by atoms with Crippen molar-refractivity contribution in [1.82, 2.24) is 10.1 Å². The Kier molecular flexibility index (Phi) is 2.92. The molecule has 5 nitrogen and oxygen atoms in total. The Labute approximate surface area is 112 Å². The third-order valence-electron chi connectivity index (χ3n) is 2.60. The number of phenolic OH excluding ortho intramolecular Hbond substituents is 2. The third kappa shape index (κ3) is 2.43. The monoisotopic (exact) mass is 274 g/mol. The van der Waals surface area contributed by atoms with Crippen molar-refractivity contribution in [2.75, 3.05) is 0 Å². The largest absolute Gasteiger partial charge is 0.504 e. The van der Waals surface area contributed by atoms with Gasteiger partial charge in [0.05, 0.1) is 0 Å². The second-order valence-corrected chi connectivity index (χ2v) is 5.01. The topological polar surface area (TPSA) is 79.4 Å². The molecule has 0 aliphatic heterocycles. The Morgan fingerprint density at radius 1 is 1.16 bits per heavy atom. The molecule has 0 amide bonds. The minimum Gasteiger partial charge on any atom is -0.504 e. The average molecular weight is 274 g/mol. The highest BCUT2D eigenvalue weighted by Crippen LogP contribution is 2.29. The molecule has 0 spiro atoms. The second kappa shape index (κ2) is 4.74. The predicted octanol–water partition coefficient (Wildman–Crippen LogP) is 2.80. The van der Waals surface area contributed by atoms with Crippen molar-refractivity contribution in [3.63, 3.8) is 0 Å². The zero-order chi connectivity index (χ0) is 13.2. The maximum atomic E-state index is 9.44. The Morgan fingerprint density at radius 3 is 2.79 bits per heavy atom. The molecule has 3 rings (SSSR count). The van der Waals surface area contributed by atoms with Crippen LogP contribution < -0.4 is 0 Å². The molecular formula is C13H10N2O3S. The van der Waals surface area contributed by atoms with Crippen LogP contribution in [-0.4, -0.2) is 20.4 Å². The van der Waals surface area contributed by atoms with E-state index in [0.29, 0.717) is 23.7 Å². The van der Waals surface area contributed by atoms with Gasteiger partial charge in [-0.05, 0) is 29.6 Å². The van der Waals surface area contributed by atoms with Crippen LogP contribution in [0.15, 0.2) is 40.2 Å². The highest BCUT2D eigenvalue weighted by Gasteiger charge is 2.11. The lowest BCUT2D eigenvalue weighted by atomic mass is 10.2. The van der Waals surface area contributed by atoms with E-state index in [2.05, 4.69) is 10.1 Å². The van der Waals surface area contributed by atoms with Crippen LogP contribution in [0.3, 0.4) is 0 Å². The number of hydrogen-bond donors (Lipinski definition) is 2. The summed E-state index contributed by atoms with van der Waals surface area (Å²) < 4.78 is 5.15. The Balaban J connectivity index is 1.86. The molecule has 2 N–H and O–H groups in total. The van der Waals surface area contributed by atoms with Gasteiger partial charge >= 0.3 is 0 Å². The Hall–Kier alpha value is -2.34. The lowest BCUT2D eigenvalue weighted by Gasteiger charge is -1.98. The molecular weight excluding hydrogens is 264 g/mol. The molecule has 0 atom stereocenters. The Bertz CT molecular complexity index is 692. The number of aromatic nitrogens is 2. The van der Waals surface area contributed by atoms with Crippen LogP contribution in [0, 0.1) is 0 Å². The highest BCUT2D eigenvalue weighted by atomic mass is 32.1. The van der Waals surface area contributed by atoms with Gasteiger partial charge in [-0.15, -0.1) is 11.3 Å². The summed E-state index contributed by atoms with van der Waals surface area (Å²) in [6, 6.07) is 8.36. The molecule has 0 unspecified atom stereocenters. The zero-order valence-corrected chi connectivity index (χ0v) is 10.6. The van der Waals surface area contributed by atoms with E-state index in [-0.39, 0.29) is 11.5 Å². The van der Waals surface area contributed by atoms with E-state index in [9.17, 15) is 10.2 Å². The average Bonchev–Trinajstić information content (AvgIpc) is 3.05. The molecule has 0 fully saturated rings. The quantitative estimate of drug-likeness (QED) is 0.718. The molecule has 6 heteroatoms.